The van der Waals surface area contributed by atoms with Gasteiger partial charge in [0.2, 0.25) is 0 Å². The van der Waals surface area contributed by atoms with Gasteiger partial charge in [-0.05, 0) is 31.6 Å². The Morgan fingerprint density at radius 3 is 2.73 bits per heavy atom. The van der Waals surface area contributed by atoms with Crippen LogP contribution in [0.2, 0.25) is 0 Å². The lowest BCUT2D eigenvalue weighted by Crippen LogP contribution is -2.44. The summed E-state index contributed by atoms with van der Waals surface area (Å²) in [6.45, 7) is 2.36. The minimum atomic E-state index is -1.34. The molecule has 1 aromatic carbocycles. The van der Waals surface area contributed by atoms with Gasteiger partial charge in [-0.3, -0.25) is 14.5 Å². The maximum absolute atomic E-state index is 12.8. The molecule has 0 radical (unpaired) electrons. The number of thiocarbonyl (C=S) groups is 1. The first-order valence-electron chi connectivity index (χ1n) is 9.06. The lowest BCUT2D eigenvalue weighted by atomic mass is 10.1. The van der Waals surface area contributed by atoms with Gasteiger partial charge in [0.15, 0.2) is 0 Å². The molecule has 0 aliphatic carbocycles. The lowest BCUT2D eigenvalue weighted by molar-refractivity contribution is -0.146. The number of pyridine rings is 1. The molecular formula is C20H18N2O6S2. The van der Waals surface area contributed by atoms with Crippen LogP contribution in [0, 0.1) is 0 Å². The summed E-state index contributed by atoms with van der Waals surface area (Å²) in [4.78, 5) is 41.0. The van der Waals surface area contributed by atoms with Gasteiger partial charge in [-0.2, -0.15) is 0 Å². The van der Waals surface area contributed by atoms with Crippen LogP contribution in [-0.2, 0) is 14.4 Å². The molecule has 2 heterocycles. The van der Waals surface area contributed by atoms with E-state index in [1.54, 1.807) is 6.07 Å². The van der Waals surface area contributed by atoms with E-state index in [0.717, 1.165) is 22.0 Å². The fourth-order valence-electron chi connectivity index (χ4n) is 2.99. The highest BCUT2D eigenvalue weighted by Gasteiger charge is 2.40. The van der Waals surface area contributed by atoms with E-state index in [1.807, 2.05) is 31.2 Å². The Balaban J connectivity index is 1.92. The van der Waals surface area contributed by atoms with Crippen LogP contribution in [0.4, 0.5) is 0 Å². The van der Waals surface area contributed by atoms with Crippen LogP contribution in [0.3, 0.4) is 0 Å². The summed E-state index contributed by atoms with van der Waals surface area (Å²) in [5.41, 5.74) is 1.14. The molecule has 30 heavy (non-hydrogen) atoms. The molecule has 0 saturated carbocycles. The Hall–Kier alpha value is -2.98. The molecule has 3 rings (SSSR count). The van der Waals surface area contributed by atoms with Crippen molar-refractivity contribution in [2.45, 2.75) is 25.8 Å². The first-order chi connectivity index (χ1) is 14.3. The number of ether oxygens (including phenoxy) is 1. The largest absolute Gasteiger partial charge is 0.492 e. The Kier molecular flexibility index (Phi) is 6.68. The summed E-state index contributed by atoms with van der Waals surface area (Å²) in [5, 5.41) is 19.2. The van der Waals surface area contributed by atoms with Gasteiger partial charge in [0.05, 0.1) is 17.2 Å². The zero-order valence-corrected chi connectivity index (χ0v) is 17.5. The molecule has 1 aromatic heterocycles. The van der Waals surface area contributed by atoms with Gasteiger partial charge < -0.3 is 14.9 Å². The van der Waals surface area contributed by atoms with Crippen molar-refractivity contribution in [2.75, 3.05) is 6.61 Å². The van der Waals surface area contributed by atoms with Crippen molar-refractivity contribution in [3.8, 4) is 5.75 Å². The average molecular weight is 447 g/mol. The number of aromatic nitrogens is 1. The summed E-state index contributed by atoms with van der Waals surface area (Å²) in [5.74, 6) is -2.41. The molecule has 1 atom stereocenters. The van der Waals surface area contributed by atoms with E-state index in [9.17, 15) is 19.5 Å². The van der Waals surface area contributed by atoms with Crippen molar-refractivity contribution >= 4 is 63.1 Å². The predicted molar refractivity (Wildman–Crippen MR) is 116 cm³/mol. The monoisotopic (exact) mass is 446 g/mol. The average Bonchev–Trinajstić information content (AvgIpc) is 2.96. The Bertz CT molecular complexity index is 1070. The number of rotatable bonds is 8. The van der Waals surface area contributed by atoms with E-state index in [0.29, 0.717) is 23.6 Å². The molecule has 0 spiro atoms. The van der Waals surface area contributed by atoms with Crippen LogP contribution in [0.5, 0.6) is 5.75 Å². The lowest BCUT2D eigenvalue weighted by Gasteiger charge is -2.22. The maximum atomic E-state index is 12.8. The van der Waals surface area contributed by atoms with Gasteiger partial charge >= 0.3 is 11.9 Å². The van der Waals surface area contributed by atoms with Gasteiger partial charge in [-0.15, -0.1) is 0 Å². The highest BCUT2D eigenvalue weighted by Crippen LogP contribution is 2.35. The number of carboxylic acid groups (broad SMARTS) is 2. The van der Waals surface area contributed by atoms with Crippen LogP contribution in [0.1, 0.15) is 25.5 Å². The molecule has 1 aliphatic rings. The van der Waals surface area contributed by atoms with Gasteiger partial charge in [-0.25, -0.2) is 9.78 Å². The van der Waals surface area contributed by atoms with Gasteiger partial charge in [0, 0.05) is 11.8 Å². The topological polar surface area (TPSA) is 117 Å². The van der Waals surface area contributed by atoms with Crippen molar-refractivity contribution in [1.29, 1.82) is 0 Å². The molecule has 1 aliphatic heterocycles. The third-order valence-electron chi connectivity index (χ3n) is 4.34. The van der Waals surface area contributed by atoms with E-state index in [2.05, 4.69) is 4.98 Å². The Morgan fingerprint density at radius 2 is 2.07 bits per heavy atom. The second-order valence-electron chi connectivity index (χ2n) is 6.34. The molecule has 1 saturated heterocycles. The number of nitrogens with zero attached hydrogens (tertiary/aromatic N) is 2. The van der Waals surface area contributed by atoms with Crippen LogP contribution in [-0.4, -0.2) is 54.9 Å². The van der Waals surface area contributed by atoms with Crippen molar-refractivity contribution < 1.29 is 29.3 Å². The number of carbonyl (C=O) groups is 3. The minimum absolute atomic E-state index is 0.0693. The number of carbonyl (C=O) groups excluding carboxylic acids is 1. The summed E-state index contributed by atoms with van der Waals surface area (Å²) in [6.07, 6.45) is 0.910. The van der Waals surface area contributed by atoms with Crippen LogP contribution < -0.4 is 4.74 Å². The minimum Gasteiger partial charge on any atom is -0.492 e. The van der Waals surface area contributed by atoms with Crippen LogP contribution >= 0.6 is 24.0 Å². The fraction of sp³-hybridized carbons (Fsp3) is 0.250. The molecule has 0 unspecified atom stereocenters. The number of benzene rings is 1. The van der Waals surface area contributed by atoms with Gasteiger partial charge in [0.25, 0.3) is 5.91 Å². The Morgan fingerprint density at radius 1 is 1.30 bits per heavy atom. The van der Waals surface area contributed by atoms with E-state index in [1.165, 1.54) is 6.08 Å². The number of fused-ring (bicyclic) bond motifs is 1. The molecular weight excluding hydrogens is 428 g/mol. The molecule has 8 nitrogen and oxygen atoms in total. The third kappa shape index (κ3) is 4.60. The molecule has 10 heteroatoms. The van der Waals surface area contributed by atoms with Crippen LogP contribution in [0.25, 0.3) is 17.0 Å². The fourth-order valence-corrected chi connectivity index (χ4v) is 4.33. The number of amides is 1. The first-order valence-corrected chi connectivity index (χ1v) is 10.3. The zero-order chi connectivity index (χ0) is 21.8. The Labute approximate surface area is 181 Å². The summed E-state index contributed by atoms with van der Waals surface area (Å²) >= 11 is 6.16. The van der Waals surface area contributed by atoms with Gasteiger partial charge in [0.1, 0.15) is 21.6 Å². The van der Waals surface area contributed by atoms with Crippen molar-refractivity contribution in [3.63, 3.8) is 0 Å². The maximum Gasteiger partial charge on any atom is 0.326 e. The molecule has 1 amide bonds. The van der Waals surface area contributed by atoms with E-state index >= 15 is 0 Å². The number of hydrogen-bond donors (Lipinski definition) is 2. The summed E-state index contributed by atoms with van der Waals surface area (Å²) < 4.78 is 5.68. The number of para-hydroxylation sites is 1. The second kappa shape index (κ2) is 9.23. The van der Waals surface area contributed by atoms with E-state index in [4.69, 9.17) is 22.1 Å². The van der Waals surface area contributed by atoms with Crippen LogP contribution in [0.15, 0.2) is 35.2 Å². The summed E-state index contributed by atoms with van der Waals surface area (Å²) in [6, 6.07) is 7.82. The van der Waals surface area contributed by atoms with Gasteiger partial charge in [-0.1, -0.05) is 42.2 Å². The molecule has 1 fully saturated rings. The van der Waals surface area contributed by atoms with E-state index in [-0.39, 0.29) is 22.1 Å². The van der Waals surface area contributed by atoms with Crippen molar-refractivity contribution in [1.82, 2.24) is 9.88 Å². The van der Waals surface area contributed by atoms with E-state index < -0.39 is 23.9 Å². The quantitative estimate of drug-likeness (QED) is 0.466. The molecule has 2 N–H and O–H groups in total. The standard InChI is InChI=1S/C20H18N2O6S2/c1-2-28-14-5-3-4-11-6-7-12(21-17(11)14)10-15-18(25)22(20(29)30-15)13(19(26)27)8-9-16(23)24/h3-7,10,13H,2,8-9H2,1H3,(H,23,24)(H,26,27)/b15-10+/t13-/m0/s1. The highest BCUT2D eigenvalue weighted by molar-refractivity contribution is 8.26. The first kappa shape index (κ1) is 21.7. The predicted octanol–water partition coefficient (Wildman–Crippen LogP) is 3.15. The number of carboxylic acids is 2. The smallest absolute Gasteiger partial charge is 0.326 e. The number of aliphatic carboxylic acids is 2. The molecule has 156 valence electrons. The molecule has 2 aromatic rings. The van der Waals surface area contributed by atoms with Crippen molar-refractivity contribution in [2.24, 2.45) is 0 Å². The second-order valence-corrected chi connectivity index (χ2v) is 8.01. The normalized spacial score (nSPS) is 16.3. The summed E-state index contributed by atoms with van der Waals surface area (Å²) in [7, 11) is 0. The zero-order valence-electron chi connectivity index (χ0n) is 15.9. The SMILES string of the molecule is CCOc1cccc2ccc(/C=C3/SC(=S)N([C@@H](CCC(=O)O)C(=O)O)C3=O)nc12. The third-order valence-corrected chi connectivity index (χ3v) is 5.67. The number of thioether (sulfide) groups is 1. The molecule has 0 bridgehead atoms. The number of hydrogen-bond acceptors (Lipinski definition) is 7. The highest BCUT2D eigenvalue weighted by atomic mass is 32.2. The van der Waals surface area contributed by atoms with Crippen molar-refractivity contribution in [3.05, 3.63) is 40.9 Å².